The molecule has 2 atom stereocenters. The van der Waals surface area contributed by atoms with Crippen molar-refractivity contribution in [1.29, 1.82) is 0 Å². The zero-order valence-corrected chi connectivity index (χ0v) is 13.0. The Morgan fingerprint density at radius 1 is 1.33 bits per heavy atom. The molecule has 1 aromatic rings. The van der Waals surface area contributed by atoms with Gasteiger partial charge in [-0.3, -0.25) is 15.1 Å². The third-order valence-corrected chi connectivity index (χ3v) is 4.46. The van der Waals surface area contributed by atoms with E-state index in [1.165, 1.54) is 18.3 Å². The highest BCUT2D eigenvalue weighted by Gasteiger charge is 2.36. The molecule has 2 N–H and O–H groups in total. The molecule has 0 saturated carbocycles. The van der Waals surface area contributed by atoms with Crippen molar-refractivity contribution in [2.45, 2.75) is 25.4 Å². The second-order valence-corrected chi connectivity index (χ2v) is 5.97. The summed E-state index contributed by atoms with van der Waals surface area (Å²) in [5, 5.41) is 32.7. The number of Topliss-reactive ketones (excluding diaryl/α,β-unsaturated/α-hetero) is 1. The minimum absolute atomic E-state index is 0.0668. The fourth-order valence-corrected chi connectivity index (χ4v) is 3.10. The lowest BCUT2D eigenvalue weighted by Gasteiger charge is -2.47. The molecule has 0 radical (unpaired) electrons. The highest BCUT2D eigenvalue weighted by Crippen LogP contribution is 2.30. The second-order valence-electron chi connectivity index (χ2n) is 5.97. The average molecular weight is 329 g/mol. The lowest BCUT2D eigenvalue weighted by Crippen LogP contribution is -2.51. The number of aromatic carboxylic acids is 1. The molecule has 0 spiro atoms. The Bertz CT molecular complexity index is 738. The van der Waals surface area contributed by atoms with Crippen molar-refractivity contribution < 1.29 is 19.9 Å². The van der Waals surface area contributed by atoms with Crippen molar-refractivity contribution >= 4 is 11.8 Å². The van der Waals surface area contributed by atoms with Crippen LogP contribution in [0.3, 0.4) is 0 Å². The van der Waals surface area contributed by atoms with Crippen LogP contribution in [0.2, 0.25) is 0 Å². The molecule has 7 heteroatoms. The topological polar surface area (TPSA) is 104 Å². The van der Waals surface area contributed by atoms with Crippen LogP contribution in [-0.2, 0) is 11.2 Å². The first-order valence-corrected chi connectivity index (χ1v) is 7.57. The molecule has 2 unspecified atom stereocenters. The summed E-state index contributed by atoms with van der Waals surface area (Å²) >= 11 is 0. The molecule has 24 heavy (non-hydrogen) atoms. The number of hydroxylamine groups is 4. The number of carbonyl (C=O) groups excluding carboxylic acids is 1. The van der Waals surface area contributed by atoms with E-state index in [4.69, 9.17) is 5.11 Å². The average Bonchev–Trinajstić information content (AvgIpc) is 2.57. The third kappa shape index (κ3) is 2.84. The largest absolute Gasteiger partial charge is 0.784 e. The van der Waals surface area contributed by atoms with Crippen LogP contribution in [0.25, 0.3) is 0 Å². The summed E-state index contributed by atoms with van der Waals surface area (Å²) in [4.78, 5) is 23.6. The summed E-state index contributed by atoms with van der Waals surface area (Å²) in [6, 6.07) is 4.76. The monoisotopic (exact) mass is 329 g/mol. The Hall–Kier alpha value is -2.48. The van der Waals surface area contributed by atoms with E-state index in [1.54, 1.807) is 25.1 Å². The number of hydrogen-bond donors (Lipinski definition) is 2. The maximum Gasteiger partial charge on any atom is 0.335 e. The van der Waals surface area contributed by atoms with E-state index in [-0.39, 0.29) is 24.3 Å². The van der Waals surface area contributed by atoms with Gasteiger partial charge in [-0.2, -0.15) is 0 Å². The first-order chi connectivity index (χ1) is 11.4. The molecule has 0 bridgehead atoms. The lowest BCUT2D eigenvalue weighted by atomic mass is 9.85. The highest BCUT2D eigenvalue weighted by atomic mass is 16.5. The molecule has 126 valence electrons. The molecule has 3 rings (SSSR count). The molecule has 7 nitrogen and oxygen atoms in total. The standard InChI is InChI=1S/C17H17N2O5/c1-10-13-6-7-18(23)9-14(13)16(20)15(19(10)24)8-11-2-4-12(5-3-11)17(21)22/h2-7,10,15,23H,8-9H2,1H3,(H,21,22)/q-1. The Morgan fingerprint density at radius 3 is 2.62 bits per heavy atom. The smallest absolute Gasteiger partial charge is 0.335 e. The highest BCUT2D eigenvalue weighted by molar-refractivity contribution is 6.02. The number of carbonyl (C=O) groups is 2. The second kappa shape index (κ2) is 6.20. The predicted molar refractivity (Wildman–Crippen MR) is 85.2 cm³/mol. The van der Waals surface area contributed by atoms with E-state index in [1.807, 2.05) is 0 Å². The van der Waals surface area contributed by atoms with Crippen molar-refractivity contribution in [1.82, 2.24) is 10.1 Å². The van der Waals surface area contributed by atoms with Crippen LogP contribution in [0, 0.1) is 5.21 Å². The first-order valence-electron chi connectivity index (χ1n) is 7.57. The number of benzene rings is 1. The molecular formula is C17H17N2O5-. The van der Waals surface area contributed by atoms with Crippen LogP contribution < -0.4 is 0 Å². The maximum atomic E-state index is 12.7. The number of carboxylic acids is 1. The van der Waals surface area contributed by atoms with Crippen LogP contribution >= 0.6 is 0 Å². The van der Waals surface area contributed by atoms with Crippen molar-refractivity contribution in [2.75, 3.05) is 6.54 Å². The van der Waals surface area contributed by atoms with Gasteiger partial charge in [-0.05, 0) is 42.7 Å². The van der Waals surface area contributed by atoms with Gasteiger partial charge in [0.05, 0.1) is 18.2 Å². The van der Waals surface area contributed by atoms with Crippen molar-refractivity contribution in [3.63, 3.8) is 0 Å². The van der Waals surface area contributed by atoms with E-state index < -0.39 is 18.1 Å². The van der Waals surface area contributed by atoms with Gasteiger partial charge in [0.25, 0.3) is 0 Å². The molecular weight excluding hydrogens is 312 g/mol. The van der Waals surface area contributed by atoms with E-state index in [0.29, 0.717) is 16.7 Å². The molecule has 2 heterocycles. The fourth-order valence-electron chi connectivity index (χ4n) is 3.10. The summed E-state index contributed by atoms with van der Waals surface area (Å²) in [6.45, 7) is 1.80. The van der Waals surface area contributed by atoms with E-state index in [2.05, 4.69) is 0 Å². The summed E-state index contributed by atoms with van der Waals surface area (Å²) in [5.74, 6) is -1.33. The minimum Gasteiger partial charge on any atom is -0.784 e. The van der Waals surface area contributed by atoms with Crippen molar-refractivity contribution in [2.24, 2.45) is 0 Å². The Balaban J connectivity index is 1.86. The van der Waals surface area contributed by atoms with Crippen molar-refractivity contribution in [3.05, 3.63) is 64.0 Å². The molecule has 0 amide bonds. The van der Waals surface area contributed by atoms with Gasteiger partial charge >= 0.3 is 5.97 Å². The van der Waals surface area contributed by atoms with Crippen LogP contribution in [0.15, 0.2) is 47.7 Å². The van der Waals surface area contributed by atoms with Gasteiger partial charge in [0.2, 0.25) is 0 Å². The van der Waals surface area contributed by atoms with Gasteiger partial charge in [-0.25, -0.2) is 4.79 Å². The van der Waals surface area contributed by atoms with Crippen LogP contribution in [0.4, 0.5) is 0 Å². The van der Waals surface area contributed by atoms with Crippen LogP contribution in [0.1, 0.15) is 22.8 Å². The predicted octanol–water partition coefficient (Wildman–Crippen LogP) is 1.58. The van der Waals surface area contributed by atoms with Gasteiger partial charge in [-0.15, -0.1) is 0 Å². The zero-order valence-electron chi connectivity index (χ0n) is 13.0. The molecule has 0 aromatic heterocycles. The van der Waals surface area contributed by atoms with Gasteiger partial charge in [-0.1, -0.05) is 12.1 Å². The maximum absolute atomic E-state index is 12.7. The number of carboxylic acid groups (broad SMARTS) is 1. The van der Waals surface area contributed by atoms with E-state index in [9.17, 15) is 20.0 Å². The molecule has 0 saturated heterocycles. The Labute approximate surface area is 138 Å². The summed E-state index contributed by atoms with van der Waals surface area (Å²) in [6.07, 6.45) is 3.21. The summed E-state index contributed by atoms with van der Waals surface area (Å²) < 4.78 is 0. The molecule has 2 aliphatic rings. The van der Waals surface area contributed by atoms with Crippen LogP contribution in [-0.4, -0.2) is 50.8 Å². The number of nitrogens with zero attached hydrogens (tertiary/aromatic N) is 2. The number of hydrogen-bond acceptors (Lipinski definition) is 6. The van der Waals surface area contributed by atoms with Gasteiger partial charge in [0.1, 0.15) is 0 Å². The van der Waals surface area contributed by atoms with Crippen LogP contribution in [0.5, 0.6) is 0 Å². The fraction of sp³-hybridized carbons (Fsp3) is 0.294. The summed E-state index contributed by atoms with van der Waals surface area (Å²) in [5.41, 5.74) is 1.95. The summed E-state index contributed by atoms with van der Waals surface area (Å²) in [7, 11) is 0. The van der Waals surface area contributed by atoms with E-state index >= 15 is 0 Å². The zero-order chi connectivity index (χ0) is 17.4. The minimum atomic E-state index is -1.03. The lowest BCUT2D eigenvalue weighted by molar-refractivity contribution is -0.123. The molecule has 0 aliphatic carbocycles. The van der Waals surface area contributed by atoms with E-state index in [0.717, 1.165) is 10.1 Å². The SMILES string of the molecule is CC1C2=C(CN(O)C=C2)C(=O)C(Cc2ccc(C(=O)O)cc2)N1[O-]. The third-order valence-electron chi connectivity index (χ3n) is 4.46. The molecule has 0 fully saturated rings. The molecule has 1 aromatic carbocycles. The normalized spacial score (nSPS) is 24.3. The Morgan fingerprint density at radius 2 is 2.00 bits per heavy atom. The van der Waals surface area contributed by atoms with Gasteiger partial charge < -0.3 is 15.4 Å². The quantitative estimate of drug-likeness (QED) is 0.867. The number of rotatable bonds is 3. The molecule has 2 aliphatic heterocycles. The first kappa shape index (κ1) is 16.4. The van der Waals surface area contributed by atoms with Gasteiger partial charge in [0.15, 0.2) is 5.78 Å². The van der Waals surface area contributed by atoms with Crippen molar-refractivity contribution in [3.8, 4) is 0 Å². The number of ketones is 1. The Kier molecular flexibility index (Phi) is 4.23. The van der Waals surface area contributed by atoms with Gasteiger partial charge in [0, 0.05) is 17.8 Å².